The zero-order valence-corrected chi connectivity index (χ0v) is 21.3. The predicted molar refractivity (Wildman–Crippen MR) is 144 cm³/mol. The first kappa shape index (κ1) is 24.5. The Bertz CT molecular complexity index is 1250. The molecule has 36 heavy (non-hydrogen) atoms. The Morgan fingerprint density at radius 3 is 2.25 bits per heavy atom. The topological polar surface area (TPSA) is 60.8 Å². The van der Waals surface area contributed by atoms with Crippen LogP contribution in [0.5, 0.6) is 0 Å². The molecule has 4 atom stereocenters. The molecule has 2 aromatic carbocycles. The van der Waals surface area contributed by atoms with Gasteiger partial charge in [0.15, 0.2) is 0 Å². The molecule has 3 aliphatic carbocycles. The molecule has 0 saturated heterocycles. The molecule has 0 radical (unpaired) electrons. The molecular weight excluding hydrogens is 446 g/mol. The number of amides is 1. The van der Waals surface area contributed by atoms with Gasteiger partial charge in [-0.15, -0.1) is 0 Å². The summed E-state index contributed by atoms with van der Waals surface area (Å²) in [6, 6.07) is 19.4. The summed E-state index contributed by atoms with van der Waals surface area (Å²) in [5.41, 5.74) is 6.53. The number of hydrogen-bond acceptors (Lipinski definition) is 3. The van der Waals surface area contributed by atoms with Gasteiger partial charge in [0, 0.05) is 13.0 Å². The molecule has 2 N–H and O–H groups in total. The minimum atomic E-state index is -0.958. The van der Waals surface area contributed by atoms with Crippen molar-refractivity contribution >= 4 is 11.5 Å². The molecule has 4 heteroatoms. The summed E-state index contributed by atoms with van der Waals surface area (Å²) in [4.78, 5) is 15.5. The standard InChI is InChI=1S/C32H35NO3/c1-21-9-15-27(33(3)31(36)32(17-18-32)26-14-16-29(34)30(35)19-26)20-28(21)25-12-10-24(11-13-25)22(2)23-7-5-4-6-8-23/h4-16,19,22,27,29-30,34-35H,17-18,20H2,1-3H3. The third-order valence-corrected chi connectivity index (χ3v) is 8.22. The van der Waals surface area contributed by atoms with E-state index in [1.165, 1.54) is 27.8 Å². The van der Waals surface area contributed by atoms with Crippen molar-refractivity contribution in [3.05, 3.63) is 113 Å². The van der Waals surface area contributed by atoms with Crippen molar-refractivity contribution in [2.75, 3.05) is 7.05 Å². The number of rotatable bonds is 6. The molecule has 4 unspecified atom stereocenters. The highest BCUT2D eigenvalue weighted by molar-refractivity contribution is 5.90. The number of carbonyl (C=O) groups excluding carboxylic acids is 1. The Morgan fingerprint density at radius 1 is 0.944 bits per heavy atom. The van der Waals surface area contributed by atoms with Crippen LogP contribution in [0.2, 0.25) is 0 Å². The minimum Gasteiger partial charge on any atom is -0.386 e. The Balaban J connectivity index is 1.31. The fraction of sp³-hybridized carbons (Fsp3) is 0.344. The highest BCUT2D eigenvalue weighted by atomic mass is 16.3. The van der Waals surface area contributed by atoms with Gasteiger partial charge in [-0.05, 0) is 65.7 Å². The van der Waals surface area contributed by atoms with Crippen LogP contribution in [0.1, 0.15) is 55.7 Å². The van der Waals surface area contributed by atoms with Crippen molar-refractivity contribution in [1.82, 2.24) is 4.90 Å². The van der Waals surface area contributed by atoms with Gasteiger partial charge in [-0.2, -0.15) is 0 Å². The fourth-order valence-corrected chi connectivity index (χ4v) is 5.53. The highest BCUT2D eigenvalue weighted by Gasteiger charge is 2.54. The summed E-state index contributed by atoms with van der Waals surface area (Å²) in [5.74, 6) is 0.415. The van der Waals surface area contributed by atoms with Crippen LogP contribution in [0.4, 0.5) is 0 Å². The van der Waals surface area contributed by atoms with Crippen LogP contribution in [0.3, 0.4) is 0 Å². The molecule has 0 bridgehead atoms. The number of likely N-dealkylation sites (N-methyl/N-ethyl adjacent to an activating group) is 1. The maximum absolute atomic E-state index is 13.7. The van der Waals surface area contributed by atoms with E-state index in [-0.39, 0.29) is 11.9 Å². The van der Waals surface area contributed by atoms with Gasteiger partial charge in [0.1, 0.15) is 12.2 Å². The predicted octanol–water partition coefficient (Wildman–Crippen LogP) is 5.40. The summed E-state index contributed by atoms with van der Waals surface area (Å²) >= 11 is 0. The molecule has 0 heterocycles. The largest absolute Gasteiger partial charge is 0.386 e. The average Bonchev–Trinajstić information content (AvgIpc) is 3.72. The van der Waals surface area contributed by atoms with E-state index in [2.05, 4.69) is 74.5 Å². The Labute approximate surface area is 214 Å². The van der Waals surface area contributed by atoms with Crippen molar-refractivity contribution in [2.24, 2.45) is 5.41 Å². The first-order valence-electron chi connectivity index (χ1n) is 12.9. The monoisotopic (exact) mass is 481 g/mol. The molecule has 2 aromatic rings. The van der Waals surface area contributed by atoms with Crippen LogP contribution in [0.25, 0.3) is 5.57 Å². The van der Waals surface area contributed by atoms with Gasteiger partial charge in [0.2, 0.25) is 5.91 Å². The van der Waals surface area contributed by atoms with Gasteiger partial charge in [-0.3, -0.25) is 4.79 Å². The molecule has 0 aromatic heterocycles. The maximum atomic E-state index is 13.7. The molecule has 4 nitrogen and oxygen atoms in total. The minimum absolute atomic E-state index is 0.0275. The van der Waals surface area contributed by atoms with Crippen LogP contribution in [0, 0.1) is 5.41 Å². The fourth-order valence-electron chi connectivity index (χ4n) is 5.53. The SMILES string of the molecule is CC1=C(c2ccc(C(C)c3ccccc3)cc2)CC(N(C)C(=O)C2(C3=CC(O)C(O)C=C3)CC2)C=C1. The quantitative estimate of drug-likeness (QED) is 0.581. The van der Waals surface area contributed by atoms with Gasteiger partial charge in [-0.1, -0.05) is 85.8 Å². The summed E-state index contributed by atoms with van der Waals surface area (Å²) in [5, 5.41) is 19.9. The second-order valence-electron chi connectivity index (χ2n) is 10.5. The number of aliphatic hydroxyl groups is 2. The van der Waals surface area contributed by atoms with E-state index in [1.807, 2.05) is 18.0 Å². The van der Waals surface area contributed by atoms with E-state index >= 15 is 0 Å². The van der Waals surface area contributed by atoms with Crippen molar-refractivity contribution in [2.45, 2.75) is 57.3 Å². The van der Waals surface area contributed by atoms with Gasteiger partial charge < -0.3 is 15.1 Å². The number of hydrogen-bond donors (Lipinski definition) is 2. The van der Waals surface area contributed by atoms with Gasteiger partial charge >= 0.3 is 0 Å². The summed E-state index contributed by atoms with van der Waals surface area (Å²) in [6.07, 6.45) is 9.74. The van der Waals surface area contributed by atoms with Crippen LogP contribution < -0.4 is 0 Å². The van der Waals surface area contributed by atoms with Crippen LogP contribution >= 0.6 is 0 Å². The Kier molecular flexibility index (Phi) is 6.59. The van der Waals surface area contributed by atoms with Crippen LogP contribution in [0.15, 0.2) is 96.1 Å². The lowest BCUT2D eigenvalue weighted by atomic mass is 9.85. The van der Waals surface area contributed by atoms with E-state index in [1.54, 1.807) is 18.2 Å². The second kappa shape index (κ2) is 9.68. The first-order valence-corrected chi connectivity index (χ1v) is 12.9. The molecule has 1 amide bonds. The lowest BCUT2D eigenvalue weighted by Crippen LogP contribution is -2.42. The number of aliphatic hydroxyl groups excluding tert-OH is 2. The lowest BCUT2D eigenvalue weighted by Gasteiger charge is -2.34. The second-order valence-corrected chi connectivity index (χ2v) is 10.5. The molecule has 0 aliphatic heterocycles. The zero-order chi connectivity index (χ0) is 25.4. The maximum Gasteiger partial charge on any atom is 0.233 e. The van der Waals surface area contributed by atoms with Gasteiger partial charge in [0.05, 0.1) is 11.5 Å². The van der Waals surface area contributed by atoms with Crippen molar-refractivity contribution in [3.63, 3.8) is 0 Å². The number of carbonyl (C=O) groups is 1. The van der Waals surface area contributed by atoms with Crippen molar-refractivity contribution < 1.29 is 15.0 Å². The zero-order valence-electron chi connectivity index (χ0n) is 21.3. The number of nitrogens with zero attached hydrogens (tertiary/aromatic N) is 1. The van der Waals surface area contributed by atoms with E-state index in [4.69, 9.17) is 0 Å². The number of benzene rings is 2. The van der Waals surface area contributed by atoms with Crippen LogP contribution in [-0.4, -0.2) is 46.3 Å². The normalized spacial score (nSPS) is 25.4. The number of allylic oxidation sites excluding steroid dienone is 3. The Hall–Kier alpha value is -3.21. The van der Waals surface area contributed by atoms with E-state index in [0.29, 0.717) is 5.92 Å². The highest BCUT2D eigenvalue weighted by Crippen LogP contribution is 2.54. The van der Waals surface area contributed by atoms with E-state index in [9.17, 15) is 15.0 Å². The average molecular weight is 482 g/mol. The summed E-state index contributed by atoms with van der Waals surface area (Å²) in [7, 11) is 1.89. The van der Waals surface area contributed by atoms with E-state index < -0.39 is 17.6 Å². The van der Waals surface area contributed by atoms with Crippen LogP contribution in [-0.2, 0) is 4.79 Å². The summed E-state index contributed by atoms with van der Waals surface area (Å²) in [6.45, 7) is 4.37. The van der Waals surface area contributed by atoms with Gasteiger partial charge in [-0.25, -0.2) is 0 Å². The molecular formula is C32H35NO3. The molecule has 5 rings (SSSR count). The Morgan fingerprint density at radius 2 is 1.61 bits per heavy atom. The van der Waals surface area contributed by atoms with E-state index in [0.717, 1.165) is 24.8 Å². The van der Waals surface area contributed by atoms with Crippen molar-refractivity contribution in [1.29, 1.82) is 0 Å². The molecule has 3 aliphatic rings. The molecule has 1 fully saturated rings. The molecule has 0 spiro atoms. The first-order chi connectivity index (χ1) is 17.3. The smallest absolute Gasteiger partial charge is 0.233 e. The molecule has 186 valence electrons. The lowest BCUT2D eigenvalue weighted by molar-refractivity contribution is -0.135. The van der Waals surface area contributed by atoms with Gasteiger partial charge in [0.25, 0.3) is 0 Å². The third kappa shape index (κ3) is 4.52. The third-order valence-electron chi connectivity index (χ3n) is 8.22. The molecule has 1 saturated carbocycles. The van der Waals surface area contributed by atoms with Crippen molar-refractivity contribution in [3.8, 4) is 0 Å². The summed E-state index contributed by atoms with van der Waals surface area (Å²) < 4.78 is 0.